The molecule has 1 unspecified atom stereocenters. The van der Waals surface area contributed by atoms with Gasteiger partial charge in [0.15, 0.2) is 0 Å². The van der Waals surface area contributed by atoms with Gasteiger partial charge >= 0.3 is 0 Å². The minimum absolute atomic E-state index is 0.0204. The Morgan fingerprint density at radius 2 is 2.41 bits per heavy atom. The number of nitrogens with one attached hydrogen (secondary N) is 1. The van der Waals surface area contributed by atoms with E-state index in [0.29, 0.717) is 19.5 Å². The lowest BCUT2D eigenvalue weighted by atomic mass is 10.1. The quantitative estimate of drug-likeness (QED) is 0.683. The highest BCUT2D eigenvalue weighted by Crippen LogP contribution is 1.99. The van der Waals surface area contributed by atoms with Gasteiger partial charge in [-0.3, -0.25) is 9.48 Å². The van der Waals surface area contributed by atoms with Gasteiger partial charge in [0, 0.05) is 19.0 Å². The summed E-state index contributed by atoms with van der Waals surface area (Å²) in [6, 6.07) is 0.0956. The van der Waals surface area contributed by atoms with Crippen LogP contribution >= 0.6 is 0 Å². The molecular weight excluding hydrogens is 218 g/mol. The van der Waals surface area contributed by atoms with Gasteiger partial charge in [0.25, 0.3) is 0 Å². The largest absolute Gasteiger partial charge is 0.352 e. The molecule has 0 aliphatic rings. The molecule has 1 amide bonds. The summed E-state index contributed by atoms with van der Waals surface area (Å²) < 4.78 is 1.64. The normalized spacial score (nSPS) is 12.4. The van der Waals surface area contributed by atoms with Crippen LogP contribution in [0.15, 0.2) is 12.7 Å². The molecule has 1 aromatic heterocycles. The molecule has 0 aliphatic carbocycles. The Labute approximate surface area is 102 Å². The molecule has 0 spiro atoms. The summed E-state index contributed by atoms with van der Waals surface area (Å²) in [6.45, 7) is 3.17. The van der Waals surface area contributed by atoms with Crippen LogP contribution in [-0.2, 0) is 11.3 Å². The Hall–Kier alpha value is -1.43. The van der Waals surface area contributed by atoms with Gasteiger partial charge in [-0.1, -0.05) is 19.8 Å². The number of nitrogens with zero attached hydrogens (tertiary/aromatic N) is 3. The molecule has 3 N–H and O–H groups in total. The van der Waals surface area contributed by atoms with E-state index >= 15 is 0 Å². The molecule has 6 heteroatoms. The standard InChI is InChI=1S/C11H21N5O/c1-2-3-4-10(7-12)15-11(17)5-6-16-9-13-8-14-16/h8-10H,2-7,12H2,1H3,(H,15,17). The number of hydrogen-bond donors (Lipinski definition) is 2. The second kappa shape index (κ2) is 7.78. The van der Waals surface area contributed by atoms with Crippen molar-refractivity contribution >= 4 is 5.91 Å². The number of amides is 1. The van der Waals surface area contributed by atoms with Crippen molar-refractivity contribution in [2.24, 2.45) is 5.73 Å². The fourth-order valence-electron chi connectivity index (χ4n) is 1.56. The summed E-state index contributed by atoms with van der Waals surface area (Å²) in [5.74, 6) is 0.0204. The zero-order valence-corrected chi connectivity index (χ0v) is 10.3. The number of unbranched alkanes of at least 4 members (excludes halogenated alkanes) is 1. The van der Waals surface area contributed by atoms with Crippen LogP contribution in [0.25, 0.3) is 0 Å². The van der Waals surface area contributed by atoms with Gasteiger partial charge in [0.1, 0.15) is 12.7 Å². The lowest BCUT2D eigenvalue weighted by Gasteiger charge is -2.16. The molecule has 0 radical (unpaired) electrons. The third-order valence-corrected chi connectivity index (χ3v) is 2.59. The van der Waals surface area contributed by atoms with Crippen molar-refractivity contribution in [2.45, 2.75) is 45.2 Å². The van der Waals surface area contributed by atoms with Gasteiger partial charge in [-0.15, -0.1) is 0 Å². The van der Waals surface area contributed by atoms with E-state index in [1.54, 1.807) is 11.0 Å². The van der Waals surface area contributed by atoms with Crippen LogP contribution in [0.2, 0.25) is 0 Å². The Bertz CT molecular complexity index is 312. The second-order valence-electron chi connectivity index (χ2n) is 4.05. The summed E-state index contributed by atoms with van der Waals surface area (Å²) in [5, 5.41) is 6.88. The lowest BCUT2D eigenvalue weighted by Crippen LogP contribution is -2.40. The first-order chi connectivity index (χ1) is 8.26. The van der Waals surface area contributed by atoms with E-state index in [9.17, 15) is 4.79 Å². The van der Waals surface area contributed by atoms with E-state index in [-0.39, 0.29) is 11.9 Å². The van der Waals surface area contributed by atoms with Gasteiger partial charge < -0.3 is 11.1 Å². The third-order valence-electron chi connectivity index (χ3n) is 2.59. The number of nitrogens with two attached hydrogens (primary N) is 1. The van der Waals surface area contributed by atoms with E-state index < -0.39 is 0 Å². The van der Waals surface area contributed by atoms with Crippen molar-refractivity contribution in [1.29, 1.82) is 0 Å². The molecule has 0 saturated carbocycles. The SMILES string of the molecule is CCCCC(CN)NC(=O)CCn1cncn1. The van der Waals surface area contributed by atoms with Gasteiger partial charge in [-0.05, 0) is 6.42 Å². The van der Waals surface area contributed by atoms with Crippen LogP contribution in [0, 0.1) is 0 Å². The molecule has 0 saturated heterocycles. The van der Waals surface area contributed by atoms with Crippen molar-refractivity contribution in [3.8, 4) is 0 Å². The molecule has 0 fully saturated rings. The Morgan fingerprint density at radius 3 is 3.00 bits per heavy atom. The molecule has 96 valence electrons. The zero-order valence-electron chi connectivity index (χ0n) is 10.3. The Kier molecular flexibility index (Phi) is 6.24. The van der Waals surface area contributed by atoms with Crippen LogP contribution in [0.4, 0.5) is 0 Å². The molecule has 17 heavy (non-hydrogen) atoms. The average molecular weight is 239 g/mol. The smallest absolute Gasteiger partial charge is 0.222 e. The minimum Gasteiger partial charge on any atom is -0.352 e. The number of rotatable bonds is 8. The van der Waals surface area contributed by atoms with Crippen LogP contribution in [0.1, 0.15) is 32.6 Å². The molecule has 0 aromatic carbocycles. The zero-order chi connectivity index (χ0) is 12.5. The predicted molar refractivity (Wildman–Crippen MR) is 65.1 cm³/mol. The highest BCUT2D eigenvalue weighted by atomic mass is 16.1. The molecular formula is C11H21N5O. The topological polar surface area (TPSA) is 85.8 Å². The number of aromatic nitrogens is 3. The maximum Gasteiger partial charge on any atom is 0.222 e. The molecule has 0 aliphatic heterocycles. The molecule has 6 nitrogen and oxygen atoms in total. The summed E-state index contributed by atoms with van der Waals surface area (Å²) in [7, 11) is 0. The Morgan fingerprint density at radius 1 is 1.59 bits per heavy atom. The monoisotopic (exact) mass is 239 g/mol. The predicted octanol–water partition coefficient (Wildman–Crippen LogP) is 0.302. The lowest BCUT2D eigenvalue weighted by molar-refractivity contribution is -0.122. The first-order valence-corrected chi connectivity index (χ1v) is 6.08. The first kappa shape index (κ1) is 13.6. The highest BCUT2D eigenvalue weighted by Gasteiger charge is 2.09. The van der Waals surface area contributed by atoms with Crippen LogP contribution in [0.3, 0.4) is 0 Å². The van der Waals surface area contributed by atoms with E-state index in [4.69, 9.17) is 5.73 Å². The first-order valence-electron chi connectivity index (χ1n) is 6.08. The molecule has 1 atom stereocenters. The summed E-state index contributed by atoms with van der Waals surface area (Å²) in [6.07, 6.45) is 6.62. The highest BCUT2D eigenvalue weighted by molar-refractivity contribution is 5.76. The average Bonchev–Trinajstić information content (AvgIpc) is 2.85. The van der Waals surface area contributed by atoms with E-state index in [2.05, 4.69) is 22.3 Å². The summed E-state index contributed by atoms with van der Waals surface area (Å²) in [5.41, 5.74) is 5.61. The number of hydrogen-bond acceptors (Lipinski definition) is 4. The van der Waals surface area contributed by atoms with Crippen LogP contribution in [-0.4, -0.2) is 33.3 Å². The van der Waals surface area contributed by atoms with Crippen molar-refractivity contribution in [1.82, 2.24) is 20.1 Å². The molecule has 1 heterocycles. The van der Waals surface area contributed by atoms with Crippen molar-refractivity contribution in [3.63, 3.8) is 0 Å². The summed E-state index contributed by atoms with van der Waals surface area (Å²) >= 11 is 0. The van der Waals surface area contributed by atoms with E-state index in [1.807, 2.05) is 0 Å². The van der Waals surface area contributed by atoms with Crippen LogP contribution < -0.4 is 11.1 Å². The Balaban J connectivity index is 2.22. The van der Waals surface area contributed by atoms with Crippen LogP contribution in [0.5, 0.6) is 0 Å². The maximum atomic E-state index is 11.6. The van der Waals surface area contributed by atoms with Crippen molar-refractivity contribution in [3.05, 3.63) is 12.7 Å². The van der Waals surface area contributed by atoms with Gasteiger partial charge in [-0.2, -0.15) is 5.10 Å². The summed E-state index contributed by atoms with van der Waals surface area (Å²) in [4.78, 5) is 15.5. The number of aryl methyl sites for hydroxylation is 1. The maximum absolute atomic E-state index is 11.6. The minimum atomic E-state index is 0.0204. The molecule has 1 aromatic rings. The van der Waals surface area contributed by atoms with Crippen molar-refractivity contribution in [2.75, 3.05) is 6.54 Å². The van der Waals surface area contributed by atoms with Gasteiger partial charge in [-0.25, -0.2) is 4.98 Å². The number of carbonyl (C=O) groups is 1. The molecule has 1 rings (SSSR count). The fraction of sp³-hybridized carbons (Fsp3) is 0.727. The number of carbonyl (C=O) groups excluding carboxylic acids is 1. The fourth-order valence-corrected chi connectivity index (χ4v) is 1.56. The third kappa shape index (κ3) is 5.44. The molecule has 0 bridgehead atoms. The van der Waals surface area contributed by atoms with E-state index in [1.165, 1.54) is 6.33 Å². The van der Waals surface area contributed by atoms with E-state index in [0.717, 1.165) is 19.3 Å². The second-order valence-corrected chi connectivity index (χ2v) is 4.05. The van der Waals surface area contributed by atoms with Gasteiger partial charge in [0.2, 0.25) is 5.91 Å². The van der Waals surface area contributed by atoms with Crippen molar-refractivity contribution < 1.29 is 4.79 Å². The van der Waals surface area contributed by atoms with Gasteiger partial charge in [0.05, 0.1) is 6.54 Å².